The highest BCUT2D eigenvalue weighted by molar-refractivity contribution is 5.29. The van der Waals surface area contributed by atoms with Crippen LogP contribution in [0.5, 0.6) is 5.75 Å². The van der Waals surface area contributed by atoms with Crippen LogP contribution in [-0.4, -0.2) is 51.1 Å². The van der Waals surface area contributed by atoms with Gasteiger partial charge in [0.15, 0.2) is 5.75 Å². The van der Waals surface area contributed by atoms with Gasteiger partial charge in [-0.3, -0.25) is 9.58 Å². The van der Waals surface area contributed by atoms with Crippen molar-refractivity contribution in [2.75, 3.05) is 13.1 Å². The summed E-state index contributed by atoms with van der Waals surface area (Å²) in [6.45, 7) is 4.10. The molecule has 0 radical (unpaired) electrons. The Balaban J connectivity index is 1.37. The predicted octanol–water partition coefficient (Wildman–Crippen LogP) is 2.02. The highest BCUT2D eigenvalue weighted by Crippen LogP contribution is 2.46. The van der Waals surface area contributed by atoms with Gasteiger partial charge in [0.05, 0.1) is 12.4 Å². The van der Waals surface area contributed by atoms with Crippen molar-refractivity contribution in [3.05, 3.63) is 48.0 Å². The van der Waals surface area contributed by atoms with Gasteiger partial charge in [-0.25, -0.2) is 4.39 Å². The maximum atomic E-state index is 13.4. The predicted molar refractivity (Wildman–Crippen MR) is 87.4 cm³/mol. The van der Waals surface area contributed by atoms with Crippen molar-refractivity contribution in [3.8, 4) is 5.75 Å². The minimum absolute atomic E-state index is 0.186. The highest BCUT2D eigenvalue weighted by Gasteiger charge is 2.47. The molecule has 6 heteroatoms. The molecule has 0 unspecified atom stereocenters. The van der Waals surface area contributed by atoms with Gasteiger partial charge in [-0.1, -0.05) is 12.1 Å². The first-order valence-electron chi connectivity index (χ1n) is 8.50. The number of aliphatic hydroxyl groups is 1. The van der Waals surface area contributed by atoms with Gasteiger partial charge in [-0.15, -0.1) is 0 Å². The number of ether oxygens (including phenoxy) is 1. The van der Waals surface area contributed by atoms with E-state index in [1.807, 2.05) is 19.2 Å². The third kappa shape index (κ3) is 3.03. The Labute approximate surface area is 140 Å². The highest BCUT2D eigenvalue weighted by atomic mass is 19.1. The minimum Gasteiger partial charge on any atom is -0.483 e. The summed E-state index contributed by atoms with van der Waals surface area (Å²) in [4.78, 5) is 2.26. The Morgan fingerprint density at radius 1 is 1.38 bits per heavy atom. The van der Waals surface area contributed by atoms with Crippen molar-refractivity contribution >= 4 is 0 Å². The van der Waals surface area contributed by atoms with E-state index in [9.17, 15) is 9.50 Å². The number of rotatable bonds is 5. The topological polar surface area (TPSA) is 50.5 Å². The zero-order valence-electron chi connectivity index (χ0n) is 13.7. The van der Waals surface area contributed by atoms with Crippen LogP contribution in [0, 0.1) is 5.82 Å². The van der Waals surface area contributed by atoms with Crippen LogP contribution in [0.15, 0.2) is 36.7 Å². The summed E-state index contributed by atoms with van der Waals surface area (Å²) in [6.07, 6.45) is 3.79. The van der Waals surface area contributed by atoms with E-state index in [4.69, 9.17) is 4.74 Å². The molecule has 1 aliphatic carbocycles. The molecular formula is C18H22FN3O2. The average molecular weight is 331 g/mol. The summed E-state index contributed by atoms with van der Waals surface area (Å²) in [5, 5.41) is 14.5. The minimum atomic E-state index is -0.510. The third-order valence-corrected chi connectivity index (χ3v) is 4.99. The molecule has 1 aliphatic heterocycles. The molecule has 4 rings (SSSR count). The summed E-state index contributed by atoms with van der Waals surface area (Å²) >= 11 is 0. The van der Waals surface area contributed by atoms with Gasteiger partial charge >= 0.3 is 0 Å². The quantitative estimate of drug-likeness (QED) is 0.911. The maximum Gasteiger partial charge on any atom is 0.157 e. The molecular weight excluding hydrogens is 309 g/mol. The molecule has 5 nitrogen and oxygen atoms in total. The number of aromatic nitrogens is 2. The normalized spacial score (nSPS) is 29.8. The number of hydrogen-bond acceptors (Lipinski definition) is 4. The number of benzene rings is 1. The molecule has 4 atom stereocenters. The zero-order valence-corrected chi connectivity index (χ0v) is 13.7. The van der Waals surface area contributed by atoms with Gasteiger partial charge < -0.3 is 9.84 Å². The number of β-amino-alcohol motifs (C(OH)–C–C–N with tert-alkyl or cyclic N) is 1. The largest absolute Gasteiger partial charge is 0.483 e. The molecule has 1 aromatic heterocycles. The summed E-state index contributed by atoms with van der Waals surface area (Å²) in [5.74, 6) is 0.864. The molecule has 128 valence electrons. The molecule has 1 saturated heterocycles. The Hall–Kier alpha value is -1.92. The van der Waals surface area contributed by atoms with Crippen LogP contribution in [0.1, 0.15) is 24.8 Å². The smallest absolute Gasteiger partial charge is 0.157 e. The van der Waals surface area contributed by atoms with Crippen LogP contribution in [0.4, 0.5) is 4.39 Å². The summed E-state index contributed by atoms with van der Waals surface area (Å²) in [5.41, 5.74) is 1.04. The number of hydrogen-bond donors (Lipinski definition) is 1. The molecule has 1 N–H and O–H groups in total. The monoisotopic (exact) mass is 331 g/mol. The summed E-state index contributed by atoms with van der Waals surface area (Å²) < 4.78 is 21.1. The molecule has 0 spiro atoms. The number of nitrogens with zero attached hydrogens (tertiary/aromatic N) is 3. The van der Waals surface area contributed by atoms with E-state index < -0.39 is 6.10 Å². The molecule has 2 heterocycles. The van der Waals surface area contributed by atoms with Crippen molar-refractivity contribution < 1.29 is 14.2 Å². The van der Waals surface area contributed by atoms with Gasteiger partial charge in [0.25, 0.3) is 0 Å². The fraction of sp³-hybridized carbons (Fsp3) is 0.500. The van der Waals surface area contributed by atoms with Crippen molar-refractivity contribution in [2.24, 2.45) is 0 Å². The SMILES string of the molecule is CCn1cc(O[C@@H]2CN([C@@H]3C[C@H]3c3cccc(F)c3)C[C@H]2O)cn1. The van der Waals surface area contributed by atoms with E-state index >= 15 is 0 Å². The second-order valence-electron chi connectivity index (χ2n) is 6.67. The second kappa shape index (κ2) is 6.18. The van der Waals surface area contributed by atoms with E-state index in [1.54, 1.807) is 23.0 Å². The first-order valence-corrected chi connectivity index (χ1v) is 8.50. The van der Waals surface area contributed by atoms with Crippen LogP contribution >= 0.6 is 0 Å². The Morgan fingerprint density at radius 3 is 3.00 bits per heavy atom. The molecule has 2 fully saturated rings. The second-order valence-corrected chi connectivity index (χ2v) is 6.67. The van der Waals surface area contributed by atoms with Crippen LogP contribution in [0.3, 0.4) is 0 Å². The van der Waals surface area contributed by atoms with E-state index in [1.165, 1.54) is 6.07 Å². The molecule has 1 aromatic carbocycles. The Kier molecular flexibility index (Phi) is 4.02. The van der Waals surface area contributed by atoms with Crippen molar-refractivity contribution in [2.45, 2.75) is 44.1 Å². The van der Waals surface area contributed by atoms with Crippen molar-refractivity contribution in [1.29, 1.82) is 0 Å². The molecule has 2 aromatic rings. The van der Waals surface area contributed by atoms with Crippen molar-refractivity contribution in [1.82, 2.24) is 14.7 Å². The first-order chi connectivity index (χ1) is 11.6. The van der Waals surface area contributed by atoms with Crippen LogP contribution < -0.4 is 4.74 Å². The number of halogens is 1. The van der Waals surface area contributed by atoms with E-state index in [0.717, 1.165) is 18.5 Å². The first kappa shape index (κ1) is 15.6. The molecule has 0 bridgehead atoms. The van der Waals surface area contributed by atoms with E-state index in [2.05, 4.69) is 10.00 Å². The Morgan fingerprint density at radius 2 is 2.25 bits per heavy atom. The fourth-order valence-electron chi connectivity index (χ4n) is 3.61. The molecule has 2 aliphatic rings. The molecule has 0 amide bonds. The maximum absolute atomic E-state index is 13.4. The van der Waals surface area contributed by atoms with E-state index in [0.29, 0.717) is 30.8 Å². The standard InChI is InChI=1S/C18H22FN3O2/c1-2-22-9-14(8-20-22)24-18-11-21(10-17(18)23)16-7-15(16)12-4-3-5-13(19)6-12/h3-6,8-9,15-18,23H,2,7,10-11H2,1H3/t15-,16+,17+,18+/m0/s1. The lowest BCUT2D eigenvalue weighted by atomic mass is 10.1. The van der Waals surface area contributed by atoms with Crippen molar-refractivity contribution in [3.63, 3.8) is 0 Å². The number of aliphatic hydroxyl groups excluding tert-OH is 1. The van der Waals surface area contributed by atoms with Crippen LogP contribution in [0.25, 0.3) is 0 Å². The number of likely N-dealkylation sites (tertiary alicyclic amines) is 1. The lowest BCUT2D eigenvalue weighted by molar-refractivity contribution is 0.0736. The van der Waals surface area contributed by atoms with Gasteiger partial charge in [-0.2, -0.15) is 5.10 Å². The Bertz CT molecular complexity index is 720. The fourth-order valence-corrected chi connectivity index (χ4v) is 3.61. The average Bonchev–Trinajstić information content (AvgIpc) is 3.11. The number of aryl methyl sites for hydroxylation is 1. The van der Waals surface area contributed by atoms with Gasteiger partial charge in [0, 0.05) is 31.6 Å². The van der Waals surface area contributed by atoms with E-state index in [-0.39, 0.29) is 11.9 Å². The summed E-state index contributed by atoms with van der Waals surface area (Å²) in [6, 6.07) is 7.20. The lowest BCUT2D eigenvalue weighted by Crippen LogP contribution is -2.30. The zero-order chi connectivity index (χ0) is 16.7. The third-order valence-electron chi connectivity index (χ3n) is 4.99. The van der Waals surface area contributed by atoms with Gasteiger partial charge in [0.2, 0.25) is 0 Å². The lowest BCUT2D eigenvalue weighted by Gasteiger charge is -2.16. The molecule has 1 saturated carbocycles. The van der Waals surface area contributed by atoms with Crippen LogP contribution in [0.2, 0.25) is 0 Å². The molecule has 24 heavy (non-hydrogen) atoms. The van der Waals surface area contributed by atoms with Crippen LogP contribution in [-0.2, 0) is 6.54 Å². The van der Waals surface area contributed by atoms with Gasteiger partial charge in [-0.05, 0) is 31.0 Å². The van der Waals surface area contributed by atoms with Gasteiger partial charge in [0.1, 0.15) is 18.0 Å². The summed E-state index contributed by atoms with van der Waals surface area (Å²) in [7, 11) is 0.